The molecule has 0 saturated carbocycles. The Bertz CT molecular complexity index is 594. The lowest BCUT2D eigenvalue weighted by Crippen LogP contribution is -2.36. The van der Waals surface area contributed by atoms with Crippen molar-refractivity contribution in [2.45, 2.75) is 32.2 Å². The first-order valence-corrected chi connectivity index (χ1v) is 5.55. The van der Waals surface area contributed by atoms with Gasteiger partial charge in [-0.3, -0.25) is 9.78 Å². The van der Waals surface area contributed by atoms with Gasteiger partial charge in [-0.1, -0.05) is 13.8 Å². The van der Waals surface area contributed by atoms with Crippen molar-refractivity contribution in [3.05, 3.63) is 16.2 Å². The molecule has 17 heavy (non-hydrogen) atoms. The topological polar surface area (TPSA) is 126 Å². The predicted octanol–water partition coefficient (Wildman–Crippen LogP) is 0.202. The summed E-state index contributed by atoms with van der Waals surface area (Å²) in [4.78, 5) is 25.2. The van der Waals surface area contributed by atoms with Crippen LogP contribution < -0.4 is 17.0 Å². The van der Waals surface area contributed by atoms with Crippen molar-refractivity contribution in [2.24, 2.45) is 5.73 Å². The fourth-order valence-corrected chi connectivity index (χ4v) is 1.74. The van der Waals surface area contributed by atoms with Crippen LogP contribution in [-0.2, 0) is 5.54 Å². The number of aromatic amines is 2. The van der Waals surface area contributed by atoms with Gasteiger partial charge >= 0.3 is 0 Å². The number of fused-ring (bicyclic) bond motifs is 1. The van der Waals surface area contributed by atoms with Gasteiger partial charge in [0.2, 0.25) is 5.95 Å². The average Bonchev–Trinajstić information content (AvgIpc) is 2.72. The van der Waals surface area contributed by atoms with Crippen LogP contribution in [0.25, 0.3) is 11.2 Å². The summed E-state index contributed by atoms with van der Waals surface area (Å²) in [7, 11) is 0. The zero-order chi connectivity index (χ0) is 12.6. The molecular formula is C10H16N6O. The van der Waals surface area contributed by atoms with Gasteiger partial charge in [0.05, 0.1) is 5.54 Å². The van der Waals surface area contributed by atoms with E-state index in [0.29, 0.717) is 17.0 Å². The van der Waals surface area contributed by atoms with Crippen LogP contribution >= 0.6 is 0 Å². The largest absolute Gasteiger partial charge is 0.369 e. The van der Waals surface area contributed by atoms with Crippen molar-refractivity contribution in [2.75, 3.05) is 5.73 Å². The number of hydrogen-bond donors (Lipinski definition) is 4. The number of H-pyrrole nitrogens is 2. The van der Waals surface area contributed by atoms with Crippen LogP contribution in [0.5, 0.6) is 0 Å². The molecule has 0 fully saturated rings. The Kier molecular flexibility index (Phi) is 2.62. The van der Waals surface area contributed by atoms with Crippen molar-refractivity contribution in [3.8, 4) is 0 Å². The van der Waals surface area contributed by atoms with Crippen LogP contribution in [0, 0.1) is 0 Å². The Morgan fingerprint density at radius 1 is 1.24 bits per heavy atom. The van der Waals surface area contributed by atoms with Gasteiger partial charge in [-0.2, -0.15) is 4.98 Å². The minimum atomic E-state index is -0.568. The molecule has 0 atom stereocenters. The second-order valence-corrected chi connectivity index (χ2v) is 4.10. The highest BCUT2D eigenvalue weighted by Gasteiger charge is 2.27. The molecule has 2 rings (SSSR count). The van der Waals surface area contributed by atoms with Gasteiger partial charge in [0.25, 0.3) is 5.56 Å². The Labute approximate surface area is 97.6 Å². The van der Waals surface area contributed by atoms with Crippen LogP contribution in [0.2, 0.25) is 0 Å². The highest BCUT2D eigenvalue weighted by Crippen LogP contribution is 2.23. The summed E-state index contributed by atoms with van der Waals surface area (Å²) < 4.78 is 0. The Morgan fingerprint density at radius 3 is 2.47 bits per heavy atom. The van der Waals surface area contributed by atoms with Gasteiger partial charge in [-0.15, -0.1) is 0 Å². The molecule has 0 amide bonds. The molecule has 0 saturated heterocycles. The third-order valence-electron chi connectivity index (χ3n) is 3.11. The number of aromatic nitrogens is 4. The molecule has 2 heterocycles. The molecule has 0 spiro atoms. The van der Waals surface area contributed by atoms with E-state index in [-0.39, 0.29) is 11.5 Å². The summed E-state index contributed by atoms with van der Waals surface area (Å²) in [6, 6.07) is 0. The summed E-state index contributed by atoms with van der Waals surface area (Å²) in [5, 5.41) is 0. The van der Waals surface area contributed by atoms with E-state index in [9.17, 15) is 4.79 Å². The summed E-state index contributed by atoms with van der Waals surface area (Å²) in [5.74, 6) is 0.622. The second kappa shape index (κ2) is 3.85. The summed E-state index contributed by atoms with van der Waals surface area (Å²) >= 11 is 0. The number of nitrogen functional groups attached to an aromatic ring is 1. The van der Waals surface area contributed by atoms with E-state index in [1.807, 2.05) is 13.8 Å². The number of hydrogen-bond acceptors (Lipinski definition) is 5. The maximum atomic E-state index is 11.6. The number of nitrogens with one attached hydrogen (secondary N) is 2. The van der Waals surface area contributed by atoms with Crippen molar-refractivity contribution in [1.82, 2.24) is 19.9 Å². The standard InChI is InChI=1S/C10H16N6O/c1-3-10(12,4-2)8-13-5-6(14-8)15-9(11)16-7(5)17/h3-4,12H2,1-2H3,(H4,11,13,14,15,16,17). The summed E-state index contributed by atoms with van der Waals surface area (Å²) in [5.41, 5.74) is 11.4. The molecule has 0 aliphatic rings. The van der Waals surface area contributed by atoms with Crippen LogP contribution in [-0.4, -0.2) is 19.9 Å². The Hall–Kier alpha value is -1.89. The number of nitrogens with two attached hydrogens (primary N) is 2. The quantitative estimate of drug-likeness (QED) is 0.605. The maximum Gasteiger partial charge on any atom is 0.278 e. The first-order valence-electron chi connectivity index (χ1n) is 5.55. The lowest BCUT2D eigenvalue weighted by molar-refractivity contribution is 0.391. The molecule has 2 aromatic rings. The van der Waals surface area contributed by atoms with E-state index in [4.69, 9.17) is 11.5 Å². The van der Waals surface area contributed by atoms with Crippen molar-refractivity contribution in [3.63, 3.8) is 0 Å². The number of nitrogens with zero attached hydrogens (tertiary/aromatic N) is 2. The molecule has 0 aliphatic heterocycles. The molecule has 0 radical (unpaired) electrons. The van der Waals surface area contributed by atoms with Gasteiger partial charge in [-0.05, 0) is 12.8 Å². The Balaban J connectivity index is 2.67. The van der Waals surface area contributed by atoms with E-state index < -0.39 is 5.54 Å². The van der Waals surface area contributed by atoms with Crippen LogP contribution in [0.3, 0.4) is 0 Å². The third-order valence-corrected chi connectivity index (χ3v) is 3.11. The van der Waals surface area contributed by atoms with Crippen LogP contribution in [0.15, 0.2) is 4.79 Å². The van der Waals surface area contributed by atoms with E-state index >= 15 is 0 Å². The lowest BCUT2D eigenvalue weighted by Gasteiger charge is -2.23. The van der Waals surface area contributed by atoms with Crippen molar-refractivity contribution >= 4 is 17.1 Å². The number of rotatable bonds is 3. The highest BCUT2D eigenvalue weighted by atomic mass is 16.1. The molecule has 0 aliphatic carbocycles. The predicted molar refractivity (Wildman–Crippen MR) is 65.4 cm³/mol. The summed E-state index contributed by atoms with van der Waals surface area (Å²) in [6.07, 6.45) is 1.44. The first kappa shape index (κ1) is 11.6. The highest BCUT2D eigenvalue weighted by molar-refractivity contribution is 5.70. The minimum Gasteiger partial charge on any atom is -0.369 e. The molecule has 2 aromatic heterocycles. The molecule has 7 heteroatoms. The van der Waals surface area contributed by atoms with E-state index in [1.165, 1.54) is 0 Å². The van der Waals surface area contributed by atoms with Gasteiger partial charge in [-0.25, -0.2) is 4.98 Å². The lowest BCUT2D eigenvalue weighted by atomic mass is 9.93. The number of anilines is 1. The molecule has 0 aromatic carbocycles. The molecule has 7 nitrogen and oxygen atoms in total. The van der Waals surface area contributed by atoms with Crippen molar-refractivity contribution < 1.29 is 0 Å². The molecule has 92 valence electrons. The SMILES string of the molecule is CCC(N)(CC)c1nc2nc(N)[nH]c(=O)c2[nH]1. The van der Waals surface area contributed by atoms with Gasteiger partial charge in [0.1, 0.15) is 5.82 Å². The smallest absolute Gasteiger partial charge is 0.278 e. The third kappa shape index (κ3) is 1.78. The monoisotopic (exact) mass is 236 g/mol. The summed E-state index contributed by atoms with van der Waals surface area (Å²) in [6.45, 7) is 3.95. The molecule has 0 unspecified atom stereocenters. The van der Waals surface area contributed by atoms with Gasteiger partial charge in [0.15, 0.2) is 11.2 Å². The Morgan fingerprint density at radius 2 is 1.88 bits per heavy atom. The maximum absolute atomic E-state index is 11.6. The molecule has 0 bridgehead atoms. The fourth-order valence-electron chi connectivity index (χ4n) is 1.74. The minimum absolute atomic E-state index is 0.0520. The van der Waals surface area contributed by atoms with E-state index in [2.05, 4.69) is 19.9 Å². The first-order chi connectivity index (χ1) is 8.00. The van der Waals surface area contributed by atoms with E-state index in [1.54, 1.807) is 0 Å². The van der Waals surface area contributed by atoms with Crippen molar-refractivity contribution in [1.29, 1.82) is 0 Å². The van der Waals surface area contributed by atoms with Crippen LogP contribution in [0.1, 0.15) is 32.5 Å². The zero-order valence-corrected chi connectivity index (χ0v) is 9.87. The fraction of sp³-hybridized carbons (Fsp3) is 0.500. The van der Waals surface area contributed by atoms with E-state index in [0.717, 1.165) is 12.8 Å². The molecular weight excluding hydrogens is 220 g/mol. The van der Waals surface area contributed by atoms with Crippen LogP contribution in [0.4, 0.5) is 5.95 Å². The normalized spacial score (nSPS) is 12.2. The number of imidazole rings is 1. The van der Waals surface area contributed by atoms with Gasteiger partial charge < -0.3 is 16.5 Å². The second-order valence-electron chi connectivity index (χ2n) is 4.10. The zero-order valence-electron chi connectivity index (χ0n) is 9.87. The molecule has 6 N–H and O–H groups in total. The van der Waals surface area contributed by atoms with Gasteiger partial charge in [0, 0.05) is 0 Å². The average molecular weight is 236 g/mol.